The van der Waals surface area contributed by atoms with E-state index in [0.717, 1.165) is 37.9 Å². The first kappa shape index (κ1) is 12.2. The van der Waals surface area contributed by atoms with Gasteiger partial charge < -0.3 is 10.1 Å². The van der Waals surface area contributed by atoms with Crippen LogP contribution in [0.4, 0.5) is 0 Å². The molecule has 0 fully saturated rings. The molecular formula is C12H21NO2. The van der Waals surface area contributed by atoms with Gasteiger partial charge >= 0.3 is 5.97 Å². The molecule has 86 valence electrons. The van der Waals surface area contributed by atoms with Crippen LogP contribution < -0.4 is 5.32 Å². The van der Waals surface area contributed by atoms with Gasteiger partial charge in [0.15, 0.2) is 0 Å². The van der Waals surface area contributed by atoms with Crippen LogP contribution in [0.5, 0.6) is 0 Å². The summed E-state index contributed by atoms with van der Waals surface area (Å²) in [6, 6.07) is 0. The molecule has 0 aromatic heterocycles. The van der Waals surface area contributed by atoms with Crippen LogP contribution in [0, 0.1) is 0 Å². The van der Waals surface area contributed by atoms with Gasteiger partial charge in [0.25, 0.3) is 0 Å². The highest BCUT2D eigenvalue weighted by atomic mass is 16.6. The zero-order chi connectivity index (χ0) is 11.3. The Morgan fingerprint density at radius 2 is 2.13 bits per heavy atom. The van der Waals surface area contributed by atoms with E-state index in [-0.39, 0.29) is 5.97 Å². The minimum atomic E-state index is -0.395. The molecule has 0 radical (unpaired) electrons. The molecule has 0 aliphatic carbocycles. The van der Waals surface area contributed by atoms with Crippen molar-refractivity contribution in [2.24, 2.45) is 0 Å². The van der Waals surface area contributed by atoms with Crippen molar-refractivity contribution in [2.75, 3.05) is 13.1 Å². The van der Waals surface area contributed by atoms with E-state index < -0.39 is 5.60 Å². The van der Waals surface area contributed by atoms with Gasteiger partial charge in [-0.05, 0) is 53.1 Å². The van der Waals surface area contributed by atoms with E-state index in [1.54, 1.807) is 0 Å². The Bertz CT molecular complexity index is 251. The molecule has 0 aromatic carbocycles. The van der Waals surface area contributed by atoms with Crippen molar-refractivity contribution < 1.29 is 9.53 Å². The lowest BCUT2D eigenvalue weighted by Crippen LogP contribution is -2.27. The van der Waals surface area contributed by atoms with Crippen molar-refractivity contribution >= 4 is 5.97 Å². The minimum Gasteiger partial charge on any atom is -0.457 e. The highest BCUT2D eigenvalue weighted by molar-refractivity contribution is 5.88. The van der Waals surface area contributed by atoms with E-state index in [4.69, 9.17) is 4.74 Å². The zero-order valence-electron chi connectivity index (χ0n) is 9.93. The summed E-state index contributed by atoms with van der Waals surface area (Å²) < 4.78 is 5.34. The third-order valence-electron chi connectivity index (χ3n) is 2.18. The second-order valence-corrected chi connectivity index (χ2v) is 4.87. The molecule has 3 heteroatoms. The quantitative estimate of drug-likeness (QED) is 0.674. The van der Waals surface area contributed by atoms with Crippen LogP contribution in [0.15, 0.2) is 11.6 Å². The van der Waals surface area contributed by atoms with Crippen LogP contribution in [0.25, 0.3) is 0 Å². The molecule has 1 aliphatic rings. The standard InChI is InChI=1S/C12H21NO2/c1-12(2,3)15-11(14)10-6-4-5-8-13-9-7-10/h6,13H,4-5,7-9H2,1-3H3/b10-6+. The smallest absolute Gasteiger partial charge is 0.334 e. The molecule has 0 saturated heterocycles. The largest absolute Gasteiger partial charge is 0.457 e. The summed E-state index contributed by atoms with van der Waals surface area (Å²) in [6.45, 7) is 7.59. The average Bonchev–Trinajstić information content (AvgIpc) is 1.98. The highest BCUT2D eigenvalue weighted by Gasteiger charge is 2.19. The first-order valence-electron chi connectivity index (χ1n) is 5.62. The molecule has 0 saturated carbocycles. The van der Waals surface area contributed by atoms with Crippen molar-refractivity contribution in [3.05, 3.63) is 11.6 Å². The Balaban J connectivity index is 2.56. The van der Waals surface area contributed by atoms with Gasteiger partial charge in [-0.25, -0.2) is 4.79 Å². The van der Waals surface area contributed by atoms with E-state index in [1.165, 1.54) is 0 Å². The topological polar surface area (TPSA) is 38.3 Å². The second kappa shape index (κ2) is 5.31. The van der Waals surface area contributed by atoms with Crippen LogP contribution >= 0.6 is 0 Å². The number of nitrogens with one attached hydrogen (secondary N) is 1. The predicted octanol–water partition coefficient (Wildman–Crippen LogP) is 2.03. The fourth-order valence-electron chi connectivity index (χ4n) is 1.48. The average molecular weight is 211 g/mol. The van der Waals surface area contributed by atoms with Gasteiger partial charge in [-0.1, -0.05) is 6.08 Å². The van der Waals surface area contributed by atoms with Crippen LogP contribution in [0.2, 0.25) is 0 Å². The monoisotopic (exact) mass is 211 g/mol. The summed E-state index contributed by atoms with van der Waals surface area (Å²) in [5, 5.41) is 3.29. The number of hydrogen-bond acceptors (Lipinski definition) is 3. The third kappa shape index (κ3) is 4.98. The van der Waals surface area contributed by atoms with E-state index >= 15 is 0 Å². The lowest BCUT2D eigenvalue weighted by molar-refractivity contribution is -0.150. The van der Waals surface area contributed by atoms with Gasteiger partial charge in [-0.3, -0.25) is 0 Å². The van der Waals surface area contributed by atoms with E-state index in [9.17, 15) is 4.79 Å². The third-order valence-corrected chi connectivity index (χ3v) is 2.18. The Morgan fingerprint density at radius 1 is 1.40 bits per heavy atom. The number of rotatable bonds is 1. The maximum atomic E-state index is 11.8. The molecule has 0 aromatic rings. The number of allylic oxidation sites excluding steroid dienone is 1. The summed E-state index contributed by atoms with van der Waals surface area (Å²) >= 11 is 0. The predicted molar refractivity (Wildman–Crippen MR) is 60.6 cm³/mol. The fourth-order valence-corrected chi connectivity index (χ4v) is 1.48. The van der Waals surface area contributed by atoms with Gasteiger partial charge in [0.05, 0.1) is 0 Å². The molecule has 1 heterocycles. The van der Waals surface area contributed by atoms with E-state index in [1.807, 2.05) is 26.8 Å². The summed E-state index contributed by atoms with van der Waals surface area (Å²) in [7, 11) is 0. The lowest BCUT2D eigenvalue weighted by atomic mass is 10.1. The number of hydrogen-bond donors (Lipinski definition) is 1. The number of carbonyl (C=O) groups excluding carboxylic acids is 1. The highest BCUT2D eigenvalue weighted by Crippen LogP contribution is 2.14. The number of ether oxygens (including phenoxy) is 1. The molecule has 3 nitrogen and oxygen atoms in total. The van der Waals surface area contributed by atoms with E-state index in [0.29, 0.717) is 0 Å². The Morgan fingerprint density at radius 3 is 2.80 bits per heavy atom. The van der Waals surface area contributed by atoms with Gasteiger partial charge in [-0.2, -0.15) is 0 Å². The molecular weight excluding hydrogens is 190 g/mol. The van der Waals surface area contributed by atoms with Crippen LogP contribution in [0.1, 0.15) is 40.0 Å². The van der Waals surface area contributed by atoms with E-state index in [2.05, 4.69) is 5.32 Å². The van der Waals surface area contributed by atoms with Crippen molar-refractivity contribution in [2.45, 2.75) is 45.6 Å². The van der Waals surface area contributed by atoms with Crippen molar-refractivity contribution in [3.63, 3.8) is 0 Å². The molecule has 0 unspecified atom stereocenters. The number of carbonyl (C=O) groups is 1. The Hall–Kier alpha value is -0.830. The molecule has 0 spiro atoms. The normalized spacial score (nSPS) is 22.2. The molecule has 0 atom stereocenters. The maximum absolute atomic E-state index is 11.8. The maximum Gasteiger partial charge on any atom is 0.334 e. The summed E-state index contributed by atoms with van der Waals surface area (Å²) in [4.78, 5) is 11.8. The molecule has 1 rings (SSSR count). The molecule has 0 amide bonds. The van der Waals surface area contributed by atoms with Gasteiger partial charge in [-0.15, -0.1) is 0 Å². The van der Waals surface area contributed by atoms with Crippen molar-refractivity contribution in [1.29, 1.82) is 0 Å². The summed E-state index contributed by atoms with van der Waals surface area (Å²) in [5.41, 5.74) is 0.422. The summed E-state index contributed by atoms with van der Waals surface area (Å²) in [5.74, 6) is -0.161. The van der Waals surface area contributed by atoms with Gasteiger partial charge in [0, 0.05) is 5.57 Å². The second-order valence-electron chi connectivity index (χ2n) is 4.87. The molecule has 15 heavy (non-hydrogen) atoms. The minimum absolute atomic E-state index is 0.161. The van der Waals surface area contributed by atoms with Gasteiger partial charge in [0.1, 0.15) is 5.60 Å². The molecule has 1 N–H and O–H groups in total. The fraction of sp³-hybridized carbons (Fsp3) is 0.750. The molecule has 0 bridgehead atoms. The molecule has 1 aliphatic heterocycles. The lowest BCUT2D eigenvalue weighted by Gasteiger charge is -2.21. The summed E-state index contributed by atoms with van der Waals surface area (Å²) in [6.07, 6.45) is 4.84. The van der Waals surface area contributed by atoms with Crippen molar-refractivity contribution in [1.82, 2.24) is 5.32 Å². The van der Waals surface area contributed by atoms with Crippen molar-refractivity contribution in [3.8, 4) is 0 Å². The first-order valence-corrected chi connectivity index (χ1v) is 5.62. The van der Waals surface area contributed by atoms with Crippen LogP contribution in [0.3, 0.4) is 0 Å². The van der Waals surface area contributed by atoms with Gasteiger partial charge in [0.2, 0.25) is 0 Å². The Labute approximate surface area is 91.9 Å². The Kier molecular flexibility index (Phi) is 4.33. The SMILES string of the molecule is CC(C)(C)OC(=O)/C1=C/CCCNCC1. The first-order chi connectivity index (χ1) is 6.99. The number of esters is 1. The van der Waals surface area contributed by atoms with Crippen LogP contribution in [-0.2, 0) is 9.53 Å². The van der Waals surface area contributed by atoms with Crippen LogP contribution in [-0.4, -0.2) is 24.7 Å². The zero-order valence-corrected chi connectivity index (χ0v) is 9.93.